The minimum Gasteiger partial charge on any atom is -0.496 e. The minimum atomic E-state index is 0.0332. The Morgan fingerprint density at radius 3 is 2.74 bits per heavy atom. The molecule has 0 aliphatic carbocycles. The van der Waals surface area contributed by atoms with Crippen molar-refractivity contribution in [3.8, 4) is 5.75 Å². The summed E-state index contributed by atoms with van der Waals surface area (Å²) < 4.78 is 12.8. The molecular weight excluding hydrogens is 384 g/mol. The fourth-order valence-electron chi connectivity index (χ4n) is 2.84. The molecule has 0 saturated heterocycles. The topological polar surface area (TPSA) is 53.4 Å². The molecule has 0 spiro atoms. The molecule has 0 unspecified atom stereocenters. The predicted octanol–water partition coefficient (Wildman–Crippen LogP) is 4.84. The first kappa shape index (κ1) is 19.7. The first-order valence-corrected chi connectivity index (χ1v) is 9.85. The molecule has 7 heteroatoms. The van der Waals surface area contributed by atoms with E-state index in [0.717, 1.165) is 27.5 Å². The highest BCUT2D eigenvalue weighted by atomic mass is 35.5. The van der Waals surface area contributed by atoms with Crippen LogP contribution in [0.4, 0.5) is 0 Å². The monoisotopic (exact) mass is 404 g/mol. The van der Waals surface area contributed by atoms with E-state index in [4.69, 9.17) is 26.1 Å². The second kappa shape index (κ2) is 8.78. The maximum Gasteiger partial charge on any atom is 0.169 e. The third kappa shape index (κ3) is 4.46. The van der Waals surface area contributed by atoms with Gasteiger partial charge in [0.1, 0.15) is 5.75 Å². The molecule has 0 atom stereocenters. The Labute approximate surface area is 167 Å². The summed E-state index contributed by atoms with van der Waals surface area (Å²) in [4.78, 5) is 16.4. The Kier molecular flexibility index (Phi) is 6.42. The van der Waals surface area contributed by atoms with Gasteiger partial charge < -0.3 is 14.0 Å². The molecule has 2 aromatic carbocycles. The van der Waals surface area contributed by atoms with Gasteiger partial charge in [-0.05, 0) is 43.3 Å². The van der Waals surface area contributed by atoms with Crippen molar-refractivity contribution in [1.82, 2.24) is 9.55 Å². The van der Waals surface area contributed by atoms with Crippen molar-refractivity contribution in [1.29, 1.82) is 0 Å². The van der Waals surface area contributed by atoms with E-state index < -0.39 is 0 Å². The zero-order chi connectivity index (χ0) is 19.4. The highest BCUT2D eigenvalue weighted by molar-refractivity contribution is 7.98. The third-order valence-corrected chi connectivity index (χ3v) is 5.50. The number of carbonyl (C=O) groups excluding carboxylic acids is 1. The summed E-state index contributed by atoms with van der Waals surface area (Å²) in [6, 6.07) is 11.2. The average Bonchev–Trinajstić information content (AvgIpc) is 3.00. The van der Waals surface area contributed by atoms with E-state index in [2.05, 4.69) is 4.57 Å². The normalized spacial score (nSPS) is 11.1. The molecule has 142 valence electrons. The van der Waals surface area contributed by atoms with Crippen LogP contribution in [0.3, 0.4) is 0 Å². The highest BCUT2D eigenvalue weighted by Gasteiger charge is 2.14. The molecule has 1 heterocycles. The lowest BCUT2D eigenvalue weighted by molar-refractivity contribution is 0.101. The first-order valence-electron chi connectivity index (χ1n) is 8.49. The Bertz CT molecular complexity index is 971. The number of hydrogen-bond donors (Lipinski definition) is 0. The number of nitrogens with zero attached hydrogens (tertiary/aromatic N) is 2. The second-order valence-electron chi connectivity index (χ2n) is 6.04. The summed E-state index contributed by atoms with van der Waals surface area (Å²) in [5.41, 5.74) is 3.50. The van der Waals surface area contributed by atoms with Crippen molar-refractivity contribution in [2.45, 2.75) is 24.4 Å². The summed E-state index contributed by atoms with van der Waals surface area (Å²) in [6.45, 7) is 2.85. The number of Topliss-reactive ketones (excluding diaryl/α,β-unsaturated/α-hetero) is 1. The van der Waals surface area contributed by atoms with Crippen molar-refractivity contribution in [3.05, 3.63) is 52.5 Å². The van der Waals surface area contributed by atoms with E-state index in [1.54, 1.807) is 39.0 Å². The number of aromatic nitrogens is 2. The lowest BCUT2D eigenvalue weighted by atomic mass is 10.1. The standard InChI is InChI=1S/C20H21ClN2O3S/c1-13(24)14-4-7-19(26-3)15(10-14)12-27-20-22-17-11-16(21)5-6-18(17)23(20)8-9-25-2/h4-7,10-11H,8-9,12H2,1-3H3. The van der Waals surface area contributed by atoms with E-state index >= 15 is 0 Å². The maximum absolute atomic E-state index is 11.7. The molecule has 0 bridgehead atoms. The summed E-state index contributed by atoms with van der Waals surface area (Å²) >= 11 is 7.71. The highest BCUT2D eigenvalue weighted by Crippen LogP contribution is 2.31. The summed E-state index contributed by atoms with van der Waals surface area (Å²) in [7, 11) is 3.31. The van der Waals surface area contributed by atoms with Gasteiger partial charge in [0.05, 0.1) is 24.8 Å². The molecule has 3 rings (SSSR count). The van der Waals surface area contributed by atoms with E-state index in [-0.39, 0.29) is 5.78 Å². The Morgan fingerprint density at radius 1 is 1.22 bits per heavy atom. The van der Waals surface area contributed by atoms with Crippen molar-refractivity contribution >= 4 is 40.2 Å². The van der Waals surface area contributed by atoms with Crippen LogP contribution in [-0.2, 0) is 17.0 Å². The van der Waals surface area contributed by atoms with E-state index in [1.165, 1.54) is 0 Å². The molecule has 1 aromatic heterocycles. The predicted molar refractivity (Wildman–Crippen MR) is 109 cm³/mol. The summed E-state index contributed by atoms with van der Waals surface area (Å²) in [5, 5.41) is 1.53. The largest absolute Gasteiger partial charge is 0.496 e. The third-order valence-electron chi connectivity index (χ3n) is 4.24. The Hall–Kier alpha value is -2.02. The fourth-order valence-corrected chi connectivity index (χ4v) is 4.03. The van der Waals surface area contributed by atoms with Crippen LogP contribution < -0.4 is 4.74 Å². The number of rotatable bonds is 8. The van der Waals surface area contributed by atoms with Gasteiger partial charge in [-0.3, -0.25) is 4.79 Å². The van der Waals surface area contributed by atoms with Gasteiger partial charge in [-0.1, -0.05) is 23.4 Å². The number of benzene rings is 2. The Balaban J connectivity index is 1.92. The van der Waals surface area contributed by atoms with Crippen LogP contribution in [0.15, 0.2) is 41.6 Å². The molecular formula is C20H21ClN2O3S. The molecule has 27 heavy (non-hydrogen) atoms. The number of hydrogen-bond acceptors (Lipinski definition) is 5. The van der Waals surface area contributed by atoms with E-state index in [1.807, 2.05) is 30.3 Å². The van der Waals surface area contributed by atoms with Crippen LogP contribution >= 0.6 is 23.4 Å². The quantitative estimate of drug-likeness (QED) is 0.397. The molecule has 0 radical (unpaired) electrons. The van der Waals surface area contributed by atoms with Crippen LogP contribution in [-0.4, -0.2) is 36.2 Å². The van der Waals surface area contributed by atoms with Gasteiger partial charge in [0, 0.05) is 35.6 Å². The molecule has 0 aliphatic heterocycles. The van der Waals surface area contributed by atoms with Crippen molar-refractivity contribution in [2.24, 2.45) is 0 Å². The maximum atomic E-state index is 11.7. The van der Waals surface area contributed by atoms with Crippen molar-refractivity contribution in [3.63, 3.8) is 0 Å². The van der Waals surface area contributed by atoms with E-state index in [0.29, 0.717) is 29.5 Å². The lowest BCUT2D eigenvalue weighted by Crippen LogP contribution is -2.05. The zero-order valence-corrected chi connectivity index (χ0v) is 17.1. The number of fused-ring (bicyclic) bond motifs is 1. The summed E-state index contributed by atoms with van der Waals surface area (Å²) in [6.07, 6.45) is 0. The molecule has 0 amide bonds. The molecule has 0 saturated carbocycles. The van der Waals surface area contributed by atoms with E-state index in [9.17, 15) is 4.79 Å². The number of halogens is 1. The van der Waals surface area contributed by atoms with Crippen LogP contribution in [0.1, 0.15) is 22.8 Å². The smallest absolute Gasteiger partial charge is 0.169 e. The van der Waals surface area contributed by atoms with Crippen LogP contribution in [0.5, 0.6) is 5.75 Å². The molecule has 0 aliphatic rings. The van der Waals surface area contributed by atoms with Crippen LogP contribution in [0.25, 0.3) is 11.0 Å². The second-order valence-corrected chi connectivity index (χ2v) is 7.42. The fraction of sp³-hybridized carbons (Fsp3) is 0.300. The number of ether oxygens (including phenoxy) is 2. The van der Waals surface area contributed by atoms with Gasteiger partial charge in [-0.15, -0.1) is 0 Å². The molecule has 0 N–H and O–H groups in total. The molecule has 0 fully saturated rings. The van der Waals surface area contributed by atoms with Gasteiger partial charge >= 0.3 is 0 Å². The SMILES string of the molecule is COCCn1c(SCc2cc(C(C)=O)ccc2OC)nc2cc(Cl)ccc21. The van der Waals surface area contributed by atoms with Gasteiger partial charge in [-0.2, -0.15) is 0 Å². The number of methoxy groups -OCH3 is 2. The van der Waals surface area contributed by atoms with Gasteiger partial charge in [0.15, 0.2) is 10.9 Å². The first-order chi connectivity index (χ1) is 13.0. The van der Waals surface area contributed by atoms with Crippen molar-refractivity contribution in [2.75, 3.05) is 20.8 Å². The van der Waals surface area contributed by atoms with Crippen molar-refractivity contribution < 1.29 is 14.3 Å². The van der Waals surface area contributed by atoms with Crippen LogP contribution in [0.2, 0.25) is 5.02 Å². The number of ketones is 1. The Morgan fingerprint density at radius 2 is 2.04 bits per heavy atom. The number of carbonyl (C=O) groups is 1. The molecule has 5 nitrogen and oxygen atoms in total. The zero-order valence-electron chi connectivity index (χ0n) is 15.5. The van der Waals surface area contributed by atoms with Crippen LogP contribution in [0, 0.1) is 0 Å². The number of imidazole rings is 1. The van der Waals surface area contributed by atoms with Gasteiger partial charge in [-0.25, -0.2) is 4.98 Å². The van der Waals surface area contributed by atoms with Gasteiger partial charge in [0.2, 0.25) is 0 Å². The summed E-state index contributed by atoms with van der Waals surface area (Å²) in [5.74, 6) is 1.43. The minimum absolute atomic E-state index is 0.0332. The average molecular weight is 405 g/mol. The number of thioether (sulfide) groups is 1. The molecule has 3 aromatic rings. The van der Waals surface area contributed by atoms with Gasteiger partial charge in [0.25, 0.3) is 0 Å². The lowest BCUT2D eigenvalue weighted by Gasteiger charge is -2.11.